The molecule has 5 nitrogen and oxygen atoms in total. The minimum absolute atomic E-state index is 0.902. The third-order valence-electron chi connectivity index (χ3n) is 4.51. The summed E-state index contributed by atoms with van der Waals surface area (Å²) in [6.07, 6.45) is 1.94. The quantitative estimate of drug-likeness (QED) is 0.808. The van der Waals surface area contributed by atoms with Crippen LogP contribution in [0.5, 0.6) is 0 Å². The fourth-order valence-electron chi connectivity index (χ4n) is 3.13. The van der Waals surface area contributed by atoms with E-state index in [4.69, 9.17) is 0 Å². The Kier molecular flexibility index (Phi) is 3.71. The zero-order valence-electron chi connectivity index (χ0n) is 13.4. The largest absolute Gasteiger partial charge is 0.354 e. The van der Waals surface area contributed by atoms with Crippen molar-refractivity contribution in [2.45, 2.75) is 13.5 Å². The molecule has 1 aliphatic rings. The lowest BCUT2D eigenvalue weighted by molar-refractivity contribution is 0.247. The van der Waals surface area contributed by atoms with Gasteiger partial charge in [0.1, 0.15) is 5.82 Å². The summed E-state index contributed by atoms with van der Waals surface area (Å²) in [6.45, 7) is 7.08. The van der Waals surface area contributed by atoms with E-state index in [1.165, 1.54) is 10.9 Å². The summed E-state index contributed by atoms with van der Waals surface area (Å²) >= 11 is 0. The molecule has 3 heterocycles. The number of hydrogen-bond donors (Lipinski definition) is 1. The Hall–Kier alpha value is -2.40. The van der Waals surface area contributed by atoms with Crippen LogP contribution in [0.15, 0.2) is 42.6 Å². The summed E-state index contributed by atoms with van der Waals surface area (Å²) in [7, 11) is 0. The molecule has 1 fully saturated rings. The second-order valence-corrected chi connectivity index (χ2v) is 6.17. The van der Waals surface area contributed by atoms with Crippen LogP contribution in [0, 0.1) is 6.92 Å². The maximum Gasteiger partial charge on any atom is 0.128 e. The van der Waals surface area contributed by atoms with Crippen LogP contribution in [0.1, 0.15) is 11.3 Å². The molecular weight excluding hydrogens is 286 g/mol. The zero-order valence-corrected chi connectivity index (χ0v) is 13.4. The van der Waals surface area contributed by atoms with Gasteiger partial charge in [0.25, 0.3) is 0 Å². The maximum atomic E-state index is 4.53. The molecule has 3 aromatic rings. The van der Waals surface area contributed by atoms with Crippen molar-refractivity contribution in [3.8, 4) is 0 Å². The zero-order chi connectivity index (χ0) is 15.6. The van der Waals surface area contributed by atoms with Crippen molar-refractivity contribution < 1.29 is 0 Å². The van der Waals surface area contributed by atoms with Gasteiger partial charge in [-0.3, -0.25) is 10.00 Å². The van der Waals surface area contributed by atoms with Crippen LogP contribution >= 0.6 is 0 Å². The van der Waals surface area contributed by atoms with Crippen molar-refractivity contribution in [2.75, 3.05) is 31.1 Å². The lowest BCUT2D eigenvalue weighted by atomic mass is 10.2. The van der Waals surface area contributed by atoms with E-state index in [1.54, 1.807) is 0 Å². The third-order valence-corrected chi connectivity index (χ3v) is 4.51. The van der Waals surface area contributed by atoms with E-state index in [0.717, 1.165) is 49.8 Å². The molecule has 0 unspecified atom stereocenters. The summed E-state index contributed by atoms with van der Waals surface area (Å²) in [5.41, 5.74) is 3.46. The van der Waals surface area contributed by atoms with Crippen molar-refractivity contribution in [2.24, 2.45) is 0 Å². The van der Waals surface area contributed by atoms with Gasteiger partial charge in [0.05, 0.1) is 11.2 Å². The fraction of sp³-hybridized carbons (Fsp3) is 0.333. The lowest BCUT2D eigenvalue weighted by Crippen LogP contribution is -2.46. The first-order valence-corrected chi connectivity index (χ1v) is 8.11. The molecule has 1 N–H and O–H groups in total. The van der Waals surface area contributed by atoms with Gasteiger partial charge in [-0.1, -0.05) is 24.3 Å². The van der Waals surface area contributed by atoms with Crippen LogP contribution in [0.4, 0.5) is 5.82 Å². The molecule has 4 rings (SSSR count). The molecule has 0 atom stereocenters. The van der Waals surface area contributed by atoms with Gasteiger partial charge in [-0.15, -0.1) is 0 Å². The van der Waals surface area contributed by atoms with E-state index in [-0.39, 0.29) is 0 Å². The first-order chi connectivity index (χ1) is 11.3. The van der Waals surface area contributed by atoms with E-state index in [0.29, 0.717) is 0 Å². The number of pyridine rings is 1. The Morgan fingerprint density at radius 2 is 1.87 bits per heavy atom. The molecule has 2 aromatic heterocycles. The van der Waals surface area contributed by atoms with Crippen molar-refractivity contribution in [1.29, 1.82) is 0 Å². The first kappa shape index (κ1) is 14.2. The van der Waals surface area contributed by atoms with Gasteiger partial charge in [0.2, 0.25) is 0 Å². The number of rotatable bonds is 3. The number of benzene rings is 1. The fourth-order valence-corrected chi connectivity index (χ4v) is 3.13. The SMILES string of the molecule is Cc1ccc(N2CCN(Cc3n[nH]c4ccccc34)CC2)nc1. The Balaban J connectivity index is 1.41. The molecule has 0 aliphatic carbocycles. The molecule has 0 saturated carbocycles. The smallest absolute Gasteiger partial charge is 0.128 e. The number of anilines is 1. The average molecular weight is 307 g/mol. The normalized spacial score (nSPS) is 16.1. The molecule has 1 aliphatic heterocycles. The second-order valence-electron chi connectivity index (χ2n) is 6.17. The summed E-state index contributed by atoms with van der Waals surface area (Å²) in [6, 6.07) is 12.6. The van der Waals surface area contributed by atoms with Gasteiger partial charge in [0, 0.05) is 44.3 Å². The first-order valence-electron chi connectivity index (χ1n) is 8.11. The number of aromatic nitrogens is 3. The van der Waals surface area contributed by atoms with E-state index < -0.39 is 0 Å². The molecule has 23 heavy (non-hydrogen) atoms. The number of nitrogens with one attached hydrogen (secondary N) is 1. The molecule has 0 spiro atoms. The number of fused-ring (bicyclic) bond motifs is 1. The highest BCUT2D eigenvalue weighted by Gasteiger charge is 2.19. The Labute approximate surface area is 135 Å². The lowest BCUT2D eigenvalue weighted by Gasteiger charge is -2.35. The molecule has 1 aromatic carbocycles. The van der Waals surface area contributed by atoms with E-state index in [2.05, 4.69) is 62.2 Å². The average Bonchev–Trinajstić information content (AvgIpc) is 3.00. The number of hydrogen-bond acceptors (Lipinski definition) is 4. The van der Waals surface area contributed by atoms with E-state index in [1.807, 2.05) is 12.3 Å². The van der Waals surface area contributed by atoms with E-state index >= 15 is 0 Å². The van der Waals surface area contributed by atoms with Gasteiger partial charge in [0.15, 0.2) is 0 Å². The standard InChI is InChI=1S/C18H21N5/c1-14-6-7-18(19-12-14)23-10-8-22(9-11-23)13-17-15-4-2-3-5-16(15)20-21-17/h2-7,12H,8-11,13H2,1H3,(H,20,21). The topological polar surface area (TPSA) is 48.0 Å². The number of nitrogens with zero attached hydrogens (tertiary/aromatic N) is 4. The molecule has 0 radical (unpaired) electrons. The predicted molar refractivity (Wildman–Crippen MR) is 92.6 cm³/mol. The Bertz CT molecular complexity index is 785. The van der Waals surface area contributed by atoms with Gasteiger partial charge in [-0.25, -0.2) is 4.98 Å². The molecular formula is C18H21N5. The second kappa shape index (κ2) is 6.01. The molecule has 1 saturated heterocycles. The Morgan fingerprint density at radius 1 is 1.04 bits per heavy atom. The van der Waals surface area contributed by atoms with Gasteiger partial charge in [-0.2, -0.15) is 5.10 Å². The summed E-state index contributed by atoms with van der Waals surface area (Å²) in [5.74, 6) is 1.08. The van der Waals surface area contributed by atoms with Gasteiger partial charge < -0.3 is 4.90 Å². The highest BCUT2D eigenvalue weighted by atomic mass is 15.3. The predicted octanol–water partition coefficient (Wildman–Crippen LogP) is 2.59. The minimum Gasteiger partial charge on any atom is -0.354 e. The van der Waals surface area contributed by atoms with Crippen LogP contribution in [-0.2, 0) is 6.54 Å². The third kappa shape index (κ3) is 2.92. The number of aryl methyl sites for hydroxylation is 1. The van der Waals surface area contributed by atoms with Crippen LogP contribution in [0.3, 0.4) is 0 Å². The van der Waals surface area contributed by atoms with Crippen LogP contribution in [0.25, 0.3) is 10.9 Å². The van der Waals surface area contributed by atoms with Crippen molar-refractivity contribution in [3.05, 3.63) is 53.9 Å². The van der Waals surface area contributed by atoms with Crippen molar-refractivity contribution in [3.63, 3.8) is 0 Å². The van der Waals surface area contributed by atoms with E-state index in [9.17, 15) is 0 Å². The summed E-state index contributed by atoms with van der Waals surface area (Å²) < 4.78 is 0. The number of aromatic amines is 1. The van der Waals surface area contributed by atoms with Crippen molar-refractivity contribution >= 4 is 16.7 Å². The van der Waals surface area contributed by atoms with Gasteiger partial charge in [-0.05, 0) is 24.6 Å². The maximum absolute atomic E-state index is 4.53. The monoisotopic (exact) mass is 307 g/mol. The highest BCUT2D eigenvalue weighted by Crippen LogP contribution is 2.19. The summed E-state index contributed by atoms with van der Waals surface area (Å²) in [5, 5.41) is 8.84. The number of piperazine rings is 1. The van der Waals surface area contributed by atoms with Crippen LogP contribution in [-0.4, -0.2) is 46.3 Å². The molecule has 118 valence electrons. The minimum atomic E-state index is 0.902. The summed E-state index contributed by atoms with van der Waals surface area (Å²) in [4.78, 5) is 9.36. The Morgan fingerprint density at radius 3 is 2.65 bits per heavy atom. The highest BCUT2D eigenvalue weighted by molar-refractivity contribution is 5.81. The number of para-hydroxylation sites is 1. The number of H-pyrrole nitrogens is 1. The molecule has 0 bridgehead atoms. The van der Waals surface area contributed by atoms with Crippen LogP contribution in [0.2, 0.25) is 0 Å². The molecule has 5 heteroatoms. The van der Waals surface area contributed by atoms with Gasteiger partial charge >= 0.3 is 0 Å². The van der Waals surface area contributed by atoms with Crippen LogP contribution < -0.4 is 4.90 Å². The molecule has 0 amide bonds. The van der Waals surface area contributed by atoms with Crippen molar-refractivity contribution in [1.82, 2.24) is 20.1 Å².